The van der Waals surface area contributed by atoms with Gasteiger partial charge >= 0.3 is 0 Å². The van der Waals surface area contributed by atoms with E-state index in [1.54, 1.807) is 18.2 Å². The van der Waals surface area contributed by atoms with Crippen LogP contribution in [0, 0.1) is 17.1 Å². The van der Waals surface area contributed by atoms with Crippen LogP contribution in [0.2, 0.25) is 5.02 Å². The SMILES string of the molecule is N#Cc1cccc(C(=O)Nc2ccc(F)cc2Cl)c1. The molecule has 0 saturated heterocycles. The standard InChI is InChI=1S/C14H8ClFN2O/c15-12-7-11(16)4-5-13(12)18-14(19)10-3-1-2-9(6-10)8-17/h1-7H,(H,18,19). The van der Waals surface area contributed by atoms with E-state index in [0.717, 1.165) is 6.07 Å². The lowest BCUT2D eigenvalue weighted by Gasteiger charge is -2.07. The summed E-state index contributed by atoms with van der Waals surface area (Å²) in [5, 5.41) is 11.4. The molecular weight excluding hydrogens is 267 g/mol. The molecule has 0 aliphatic heterocycles. The first-order valence-corrected chi connectivity index (χ1v) is 5.74. The van der Waals surface area contributed by atoms with Gasteiger partial charge in [-0.05, 0) is 36.4 Å². The number of nitrogens with zero attached hydrogens (tertiary/aromatic N) is 1. The van der Waals surface area contributed by atoms with Crippen molar-refractivity contribution < 1.29 is 9.18 Å². The smallest absolute Gasteiger partial charge is 0.255 e. The first-order valence-electron chi connectivity index (χ1n) is 5.37. The Morgan fingerprint density at radius 3 is 2.74 bits per heavy atom. The van der Waals surface area contributed by atoms with Crippen LogP contribution in [0.1, 0.15) is 15.9 Å². The predicted octanol–water partition coefficient (Wildman–Crippen LogP) is 3.60. The van der Waals surface area contributed by atoms with Crippen LogP contribution in [0.25, 0.3) is 0 Å². The van der Waals surface area contributed by atoms with Crippen LogP contribution in [0.15, 0.2) is 42.5 Å². The summed E-state index contributed by atoms with van der Waals surface area (Å²) in [6, 6.07) is 11.9. The van der Waals surface area contributed by atoms with Crippen molar-refractivity contribution in [2.45, 2.75) is 0 Å². The van der Waals surface area contributed by atoms with E-state index in [0.29, 0.717) is 16.8 Å². The first kappa shape index (κ1) is 13.1. The fraction of sp³-hybridized carbons (Fsp3) is 0. The second-order valence-corrected chi connectivity index (χ2v) is 4.18. The van der Waals surface area contributed by atoms with Gasteiger partial charge < -0.3 is 5.32 Å². The molecule has 2 aromatic rings. The summed E-state index contributed by atoms with van der Waals surface area (Å²) < 4.78 is 12.9. The quantitative estimate of drug-likeness (QED) is 0.909. The van der Waals surface area contributed by atoms with Crippen LogP contribution in [0.4, 0.5) is 10.1 Å². The molecule has 0 bridgehead atoms. The van der Waals surface area contributed by atoms with E-state index in [1.165, 1.54) is 18.2 Å². The van der Waals surface area contributed by atoms with Gasteiger partial charge in [-0.3, -0.25) is 4.79 Å². The Bertz CT molecular complexity index is 679. The molecule has 0 radical (unpaired) electrons. The second kappa shape index (κ2) is 5.51. The summed E-state index contributed by atoms with van der Waals surface area (Å²) in [5.41, 5.74) is 1.03. The number of halogens is 2. The number of benzene rings is 2. The lowest BCUT2D eigenvalue weighted by molar-refractivity contribution is 0.102. The van der Waals surface area contributed by atoms with Gasteiger partial charge in [-0.15, -0.1) is 0 Å². The van der Waals surface area contributed by atoms with Gasteiger partial charge in [0.2, 0.25) is 0 Å². The summed E-state index contributed by atoms with van der Waals surface area (Å²) in [6.07, 6.45) is 0. The van der Waals surface area contributed by atoms with Crippen molar-refractivity contribution >= 4 is 23.2 Å². The lowest BCUT2D eigenvalue weighted by atomic mass is 10.1. The number of anilines is 1. The third-order valence-corrected chi connectivity index (χ3v) is 2.75. The Kier molecular flexibility index (Phi) is 3.79. The van der Waals surface area contributed by atoms with Crippen LogP contribution in [0.3, 0.4) is 0 Å². The zero-order valence-electron chi connectivity index (χ0n) is 9.65. The zero-order chi connectivity index (χ0) is 13.8. The van der Waals surface area contributed by atoms with Gasteiger partial charge in [-0.25, -0.2) is 4.39 Å². The highest BCUT2D eigenvalue weighted by Crippen LogP contribution is 2.23. The maximum Gasteiger partial charge on any atom is 0.255 e. The predicted molar refractivity (Wildman–Crippen MR) is 70.5 cm³/mol. The maximum atomic E-state index is 12.9. The number of amides is 1. The van der Waals surface area contributed by atoms with Gasteiger partial charge in [0, 0.05) is 5.56 Å². The van der Waals surface area contributed by atoms with E-state index in [4.69, 9.17) is 16.9 Å². The fourth-order valence-corrected chi connectivity index (χ4v) is 1.73. The Labute approximate surface area is 114 Å². The van der Waals surface area contributed by atoms with Gasteiger partial charge in [0.05, 0.1) is 22.3 Å². The largest absolute Gasteiger partial charge is 0.321 e. The average Bonchev–Trinajstić information content (AvgIpc) is 2.42. The van der Waals surface area contributed by atoms with Crippen molar-refractivity contribution in [3.05, 3.63) is 64.4 Å². The summed E-state index contributed by atoms with van der Waals surface area (Å²) in [6.45, 7) is 0. The number of hydrogen-bond donors (Lipinski definition) is 1. The molecule has 0 saturated carbocycles. The van der Waals surface area contributed by atoms with Crippen molar-refractivity contribution in [3.63, 3.8) is 0 Å². The maximum absolute atomic E-state index is 12.9. The van der Waals surface area contributed by atoms with Gasteiger partial charge in [0.1, 0.15) is 5.82 Å². The molecule has 94 valence electrons. The molecule has 2 aromatic carbocycles. The van der Waals surface area contributed by atoms with Crippen molar-refractivity contribution in [1.29, 1.82) is 5.26 Å². The molecule has 1 amide bonds. The molecule has 19 heavy (non-hydrogen) atoms. The summed E-state index contributed by atoms with van der Waals surface area (Å²) in [4.78, 5) is 11.9. The van der Waals surface area contributed by atoms with Crippen LogP contribution in [-0.4, -0.2) is 5.91 Å². The molecule has 5 heteroatoms. The van der Waals surface area contributed by atoms with Crippen LogP contribution in [0.5, 0.6) is 0 Å². The first-order chi connectivity index (χ1) is 9.10. The summed E-state index contributed by atoms with van der Waals surface area (Å²) in [5.74, 6) is -0.889. The van der Waals surface area contributed by atoms with Gasteiger partial charge in [-0.2, -0.15) is 5.26 Å². The summed E-state index contributed by atoms with van der Waals surface area (Å²) >= 11 is 5.81. The van der Waals surface area contributed by atoms with E-state index >= 15 is 0 Å². The van der Waals surface area contributed by atoms with E-state index in [1.807, 2.05) is 6.07 Å². The molecule has 0 heterocycles. The third-order valence-electron chi connectivity index (χ3n) is 2.43. The van der Waals surface area contributed by atoms with Crippen LogP contribution in [-0.2, 0) is 0 Å². The number of carbonyl (C=O) groups is 1. The minimum absolute atomic E-state index is 0.116. The highest BCUT2D eigenvalue weighted by Gasteiger charge is 2.09. The zero-order valence-corrected chi connectivity index (χ0v) is 10.4. The van der Waals surface area contributed by atoms with Gasteiger partial charge in [-0.1, -0.05) is 17.7 Å². The highest BCUT2D eigenvalue weighted by molar-refractivity contribution is 6.33. The number of nitriles is 1. The topological polar surface area (TPSA) is 52.9 Å². The molecule has 0 fully saturated rings. The van der Waals surface area contributed by atoms with E-state index < -0.39 is 11.7 Å². The van der Waals surface area contributed by atoms with E-state index in [2.05, 4.69) is 5.32 Å². The molecule has 0 aliphatic carbocycles. The number of rotatable bonds is 2. The minimum Gasteiger partial charge on any atom is -0.321 e. The molecule has 0 aromatic heterocycles. The molecule has 0 unspecified atom stereocenters. The molecule has 3 nitrogen and oxygen atoms in total. The number of hydrogen-bond acceptors (Lipinski definition) is 2. The van der Waals surface area contributed by atoms with Crippen LogP contribution >= 0.6 is 11.6 Å². The highest BCUT2D eigenvalue weighted by atomic mass is 35.5. The fourth-order valence-electron chi connectivity index (χ4n) is 1.52. The molecular formula is C14H8ClFN2O. The van der Waals surface area contributed by atoms with Crippen molar-refractivity contribution in [1.82, 2.24) is 0 Å². The van der Waals surface area contributed by atoms with Gasteiger partial charge in [0.15, 0.2) is 0 Å². The molecule has 0 atom stereocenters. The van der Waals surface area contributed by atoms with Crippen LogP contribution < -0.4 is 5.32 Å². The number of carbonyl (C=O) groups excluding carboxylic acids is 1. The Hall–Kier alpha value is -2.38. The van der Waals surface area contributed by atoms with Gasteiger partial charge in [0.25, 0.3) is 5.91 Å². The van der Waals surface area contributed by atoms with E-state index in [-0.39, 0.29) is 5.02 Å². The minimum atomic E-state index is -0.477. The number of nitrogens with one attached hydrogen (secondary N) is 1. The second-order valence-electron chi connectivity index (χ2n) is 3.77. The average molecular weight is 275 g/mol. The van der Waals surface area contributed by atoms with E-state index in [9.17, 15) is 9.18 Å². The Balaban J connectivity index is 2.23. The van der Waals surface area contributed by atoms with Crippen molar-refractivity contribution in [2.75, 3.05) is 5.32 Å². The third kappa shape index (κ3) is 3.09. The molecule has 0 spiro atoms. The Morgan fingerprint density at radius 1 is 1.26 bits per heavy atom. The normalized spacial score (nSPS) is 9.74. The molecule has 1 N–H and O–H groups in total. The lowest BCUT2D eigenvalue weighted by Crippen LogP contribution is -2.12. The Morgan fingerprint density at radius 2 is 2.05 bits per heavy atom. The molecule has 2 rings (SSSR count). The molecule has 0 aliphatic rings. The van der Waals surface area contributed by atoms with Crippen molar-refractivity contribution in [2.24, 2.45) is 0 Å². The monoisotopic (exact) mass is 274 g/mol. The van der Waals surface area contributed by atoms with Crippen molar-refractivity contribution in [3.8, 4) is 6.07 Å². The summed E-state index contributed by atoms with van der Waals surface area (Å²) in [7, 11) is 0.